The van der Waals surface area contributed by atoms with Crippen molar-refractivity contribution in [1.82, 2.24) is 25.4 Å². The normalized spacial score (nSPS) is 19.5. The Balaban J connectivity index is 1.14. The van der Waals surface area contributed by atoms with Crippen LogP contribution in [0.15, 0.2) is 66.7 Å². The minimum atomic E-state index is -6.38. The molecule has 19 heteroatoms. The zero-order chi connectivity index (χ0) is 52.1. The van der Waals surface area contributed by atoms with Gasteiger partial charge in [-0.1, -0.05) is 36.4 Å². The maximum Gasteiger partial charge on any atom is 0.411 e. The number of halogens is 6. The number of anilines is 1. The van der Waals surface area contributed by atoms with E-state index in [4.69, 9.17) is 9.84 Å². The fraction of sp³-hybridized carbons (Fsp3) is 0.519. The number of carboxylic acids is 1. The molecule has 1 aromatic heterocycles. The average Bonchev–Trinajstić information content (AvgIpc) is 3.82. The number of aromatic nitrogens is 3. The van der Waals surface area contributed by atoms with Gasteiger partial charge in [-0.3, -0.25) is 19.5 Å². The molecule has 2 aliphatic carbocycles. The lowest BCUT2D eigenvalue weighted by molar-refractivity contribution is -0.311. The van der Waals surface area contributed by atoms with Crippen LogP contribution >= 0.6 is 0 Å². The van der Waals surface area contributed by atoms with Crippen LogP contribution in [-0.4, -0.2) is 98.9 Å². The van der Waals surface area contributed by atoms with E-state index >= 15 is 0 Å². The maximum absolute atomic E-state index is 14.6. The van der Waals surface area contributed by atoms with Crippen LogP contribution in [0.25, 0.3) is 22.5 Å². The number of aromatic amines is 1. The number of carbonyl (C=O) groups is 5. The Morgan fingerprint density at radius 2 is 1.42 bits per heavy atom. The third-order valence-corrected chi connectivity index (χ3v) is 13.6. The van der Waals surface area contributed by atoms with E-state index in [2.05, 4.69) is 39.7 Å². The van der Waals surface area contributed by atoms with Gasteiger partial charge >= 0.3 is 29.8 Å². The lowest BCUT2D eigenvalue weighted by Gasteiger charge is -2.32. The van der Waals surface area contributed by atoms with E-state index < -0.39 is 58.9 Å². The predicted molar refractivity (Wildman–Crippen MR) is 253 cm³/mol. The molecule has 0 aliphatic heterocycles. The van der Waals surface area contributed by atoms with Crippen molar-refractivity contribution < 1.29 is 60.2 Å². The Bertz CT molecular complexity index is 2530. The van der Waals surface area contributed by atoms with Crippen molar-refractivity contribution in [3.05, 3.63) is 89.2 Å². The molecule has 13 nitrogen and oxygen atoms in total. The van der Waals surface area contributed by atoms with E-state index in [1.807, 2.05) is 49.4 Å². The summed E-state index contributed by atoms with van der Waals surface area (Å²) in [5.41, 5.74) is 3.74. The second-order valence-corrected chi connectivity index (χ2v) is 20.3. The van der Waals surface area contributed by atoms with Crippen molar-refractivity contribution in [2.75, 3.05) is 26.0 Å². The van der Waals surface area contributed by atoms with E-state index in [1.165, 1.54) is 29.4 Å². The molecule has 1 atom stereocenters. The standard InChI is InChI=1S/C52H62F6N6O7/c1-30-25-37(42(65)27-32-11-22-40(23-12-32)64(5)6)19-24-41(30)34-13-7-31(8-14-34)26-38(28-43(66)35-15-9-33(10-16-35)29-59-48(70)71-49(2,3)4)45(67)60-39-20-17-36(18-21-39)44-61-46(63-62-44)50(53,54)52(57,58)51(55,56)47(68)69/h7-8,13-14,17-21,24-25,32-33,35,38,40H,9-12,15-16,22-23,26-29H2,1-6H3,(H,59,70)(H,60,67)(H,68,69)(H,61,62,63)/t32?,33?,35?,38-,40?/m1/s1. The summed E-state index contributed by atoms with van der Waals surface area (Å²) in [4.78, 5) is 69.8. The van der Waals surface area contributed by atoms with Gasteiger partial charge in [0.15, 0.2) is 11.6 Å². The minimum Gasteiger partial charge on any atom is -0.477 e. The Labute approximate surface area is 408 Å². The van der Waals surface area contributed by atoms with Gasteiger partial charge in [-0.15, -0.1) is 0 Å². The van der Waals surface area contributed by atoms with E-state index in [1.54, 1.807) is 20.8 Å². The molecule has 0 saturated heterocycles. The zero-order valence-corrected chi connectivity index (χ0v) is 40.7. The summed E-state index contributed by atoms with van der Waals surface area (Å²) < 4.78 is 90.2. The minimum absolute atomic E-state index is 0.0484. The van der Waals surface area contributed by atoms with Gasteiger partial charge < -0.3 is 25.4 Å². The number of alkyl carbamates (subject to hydrolysis) is 1. The first-order valence-electron chi connectivity index (χ1n) is 23.9. The molecule has 0 unspecified atom stereocenters. The molecule has 2 amide bonds. The predicted octanol–water partition coefficient (Wildman–Crippen LogP) is 10.7. The third-order valence-electron chi connectivity index (χ3n) is 13.6. The molecule has 2 fully saturated rings. The highest BCUT2D eigenvalue weighted by atomic mass is 19.3. The van der Waals surface area contributed by atoms with Crippen LogP contribution in [-0.2, 0) is 31.5 Å². The molecule has 0 spiro atoms. The van der Waals surface area contributed by atoms with Crippen LogP contribution in [0.4, 0.5) is 36.8 Å². The number of ketones is 2. The van der Waals surface area contributed by atoms with Crippen molar-refractivity contribution in [2.45, 2.75) is 128 Å². The molecule has 6 rings (SSSR count). The van der Waals surface area contributed by atoms with Gasteiger partial charge in [-0.25, -0.2) is 14.6 Å². The number of hydrogen-bond donors (Lipinski definition) is 4. The SMILES string of the molecule is Cc1cc(C(=O)CC2CCC(N(C)C)CC2)ccc1-c1ccc(C[C@H](CC(=O)C2CCC(CNC(=O)OC(C)(C)C)CC2)C(=O)Nc2ccc(-c3n[nH]c(C(F)(F)C(F)(F)C(F)(F)C(=O)O)n3)cc2)cc1. The van der Waals surface area contributed by atoms with Gasteiger partial charge in [0, 0.05) is 54.1 Å². The van der Waals surface area contributed by atoms with E-state index in [-0.39, 0.29) is 47.5 Å². The number of nitrogens with one attached hydrogen (secondary N) is 3. The Hall–Kier alpha value is -6.11. The number of benzene rings is 3. The number of Topliss-reactive ketones (excluding diaryl/α,β-unsaturated/α-hetero) is 2. The summed E-state index contributed by atoms with van der Waals surface area (Å²) >= 11 is 0. The van der Waals surface area contributed by atoms with Crippen LogP contribution < -0.4 is 10.6 Å². The Kier molecular flexibility index (Phi) is 16.9. The number of aryl methyl sites for hydroxylation is 1. The molecule has 0 radical (unpaired) electrons. The first kappa shape index (κ1) is 54.2. The summed E-state index contributed by atoms with van der Waals surface area (Å²) in [6.07, 6.45) is 6.84. The van der Waals surface area contributed by atoms with Crippen LogP contribution in [0.2, 0.25) is 0 Å². The number of nitrogens with zero attached hydrogens (tertiary/aromatic N) is 3. The number of carbonyl (C=O) groups excluding carboxylic acids is 4. The highest BCUT2D eigenvalue weighted by Crippen LogP contribution is 2.50. The second-order valence-electron chi connectivity index (χ2n) is 20.3. The van der Waals surface area contributed by atoms with Gasteiger partial charge in [0.05, 0.1) is 0 Å². The number of alkyl halides is 6. The van der Waals surface area contributed by atoms with Gasteiger partial charge in [0.25, 0.3) is 0 Å². The molecule has 4 N–H and O–H groups in total. The molecule has 2 aliphatic rings. The molecule has 0 bridgehead atoms. The molecular weight excluding hydrogens is 935 g/mol. The van der Waals surface area contributed by atoms with Crippen LogP contribution in [0.5, 0.6) is 0 Å². The van der Waals surface area contributed by atoms with E-state index in [9.17, 15) is 50.3 Å². The lowest BCUT2D eigenvalue weighted by atomic mass is 9.77. The average molecular weight is 997 g/mol. The van der Waals surface area contributed by atoms with Gasteiger partial charge in [-0.05, 0) is 164 Å². The summed E-state index contributed by atoms with van der Waals surface area (Å²) in [7, 11) is 4.19. The number of H-pyrrole nitrogens is 1. The van der Waals surface area contributed by atoms with Crippen molar-refractivity contribution in [3.63, 3.8) is 0 Å². The first-order valence-corrected chi connectivity index (χ1v) is 23.9. The number of ether oxygens (including phenoxy) is 1. The fourth-order valence-electron chi connectivity index (χ4n) is 9.37. The van der Waals surface area contributed by atoms with Gasteiger partial charge in [-0.2, -0.15) is 31.4 Å². The van der Waals surface area contributed by atoms with Crippen molar-refractivity contribution >= 4 is 35.2 Å². The molecule has 3 aromatic carbocycles. The van der Waals surface area contributed by atoms with E-state index in [0.29, 0.717) is 56.2 Å². The molecule has 2 saturated carbocycles. The zero-order valence-electron chi connectivity index (χ0n) is 40.7. The van der Waals surface area contributed by atoms with Crippen molar-refractivity contribution in [3.8, 4) is 22.5 Å². The van der Waals surface area contributed by atoms with Gasteiger partial charge in [0.2, 0.25) is 11.7 Å². The number of rotatable bonds is 19. The van der Waals surface area contributed by atoms with E-state index in [0.717, 1.165) is 47.9 Å². The summed E-state index contributed by atoms with van der Waals surface area (Å²) in [5, 5.41) is 19.0. The number of hydrogen-bond acceptors (Lipinski definition) is 9. The Morgan fingerprint density at radius 1 is 0.817 bits per heavy atom. The van der Waals surface area contributed by atoms with Gasteiger partial charge in [0.1, 0.15) is 11.4 Å². The molecule has 4 aromatic rings. The number of aliphatic carboxylic acids is 1. The molecule has 71 heavy (non-hydrogen) atoms. The first-order chi connectivity index (χ1) is 33.2. The molecule has 384 valence electrons. The van der Waals surface area contributed by atoms with Crippen LogP contribution in [0, 0.1) is 30.6 Å². The highest BCUT2D eigenvalue weighted by Gasteiger charge is 2.77. The number of carboxylic acid groups (broad SMARTS) is 1. The summed E-state index contributed by atoms with van der Waals surface area (Å²) in [6.45, 7) is 7.69. The second kappa shape index (κ2) is 22.1. The topological polar surface area (TPSA) is 184 Å². The maximum atomic E-state index is 14.6. The summed E-state index contributed by atoms with van der Waals surface area (Å²) in [5.74, 6) is -25.5. The van der Waals surface area contributed by atoms with Crippen molar-refractivity contribution in [2.24, 2.45) is 23.7 Å². The lowest BCUT2D eigenvalue weighted by Crippen LogP contribution is -2.56. The number of amides is 2. The molecule has 1 heterocycles. The van der Waals surface area contributed by atoms with Crippen molar-refractivity contribution in [1.29, 1.82) is 0 Å². The highest BCUT2D eigenvalue weighted by molar-refractivity contribution is 5.97. The van der Waals surface area contributed by atoms with Crippen LogP contribution in [0.3, 0.4) is 0 Å². The molecular formula is C52H62F6N6O7. The fourth-order valence-corrected chi connectivity index (χ4v) is 9.37. The smallest absolute Gasteiger partial charge is 0.411 e. The monoisotopic (exact) mass is 996 g/mol. The Morgan fingerprint density at radius 3 is 2.00 bits per heavy atom. The summed E-state index contributed by atoms with van der Waals surface area (Å²) in [6, 6.07) is 19.1. The third kappa shape index (κ3) is 13.3. The van der Waals surface area contributed by atoms with Crippen LogP contribution in [0.1, 0.15) is 112 Å². The largest absolute Gasteiger partial charge is 0.477 e. The quantitative estimate of drug-likeness (QED) is 0.0521.